The Kier molecular flexibility index (Phi) is 5.26. The van der Waals surface area contributed by atoms with Gasteiger partial charge < -0.3 is 9.73 Å². The molecular formula is C11H16ClNO2. The monoisotopic (exact) mass is 229 g/mol. The van der Waals surface area contributed by atoms with Gasteiger partial charge in [0.2, 0.25) is 5.91 Å². The molecule has 0 bridgehead atoms. The summed E-state index contributed by atoms with van der Waals surface area (Å²) >= 11 is 5.52. The molecule has 84 valence electrons. The van der Waals surface area contributed by atoms with Crippen molar-refractivity contribution in [2.75, 3.05) is 5.88 Å². The molecule has 0 saturated carbocycles. The number of rotatable bonds is 6. The van der Waals surface area contributed by atoms with E-state index < -0.39 is 0 Å². The Labute approximate surface area is 94.8 Å². The molecule has 1 amide bonds. The zero-order valence-corrected chi connectivity index (χ0v) is 9.59. The first-order chi connectivity index (χ1) is 7.27. The van der Waals surface area contributed by atoms with E-state index in [1.807, 2.05) is 19.1 Å². The van der Waals surface area contributed by atoms with Crippen molar-refractivity contribution in [2.45, 2.75) is 32.2 Å². The van der Waals surface area contributed by atoms with Crippen molar-refractivity contribution in [3.8, 4) is 0 Å². The van der Waals surface area contributed by atoms with Crippen molar-refractivity contribution >= 4 is 17.5 Å². The highest BCUT2D eigenvalue weighted by Gasteiger charge is 2.14. The van der Waals surface area contributed by atoms with Crippen LogP contribution in [0.25, 0.3) is 0 Å². The largest absolute Gasteiger partial charge is 0.467 e. The Hall–Kier alpha value is -0.960. The molecule has 0 aliphatic carbocycles. The number of furan rings is 1. The molecule has 1 heterocycles. The maximum atomic E-state index is 11.5. The van der Waals surface area contributed by atoms with Gasteiger partial charge in [0, 0.05) is 12.3 Å². The SMILES string of the molecule is CCC(NC(=O)CCCCl)c1ccco1. The summed E-state index contributed by atoms with van der Waals surface area (Å²) < 4.78 is 5.25. The second-order valence-corrected chi connectivity index (χ2v) is 3.71. The van der Waals surface area contributed by atoms with Gasteiger partial charge in [-0.1, -0.05) is 6.92 Å². The van der Waals surface area contributed by atoms with Crippen LogP contribution in [0, 0.1) is 0 Å². The molecule has 0 aliphatic rings. The van der Waals surface area contributed by atoms with Gasteiger partial charge in [-0.05, 0) is 25.0 Å². The normalized spacial score (nSPS) is 12.4. The van der Waals surface area contributed by atoms with Crippen molar-refractivity contribution in [3.05, 3.63) is 24.2 Å². The van der Waals surface area contributed by atoms with Gasteiger partial charge in [-0.3, -0.25) is 4.79 Å². The van der Waals surface area contributed by atoms with Gasteiger partial charge in [0.25, 0.3) is 0 Å². The topological polar surface area (TPSA) is 42.2 Å². The minimum absolute atomic E-state index is 0.0252. The van der Waals surface area contributed by atoms with E-state index in [2.05, 4.69) is 5.32 Å². The number of carbonyl (C=O) groups excluding carboxylic acids is 1. The lowest BCUT2D eigenvalue weighted by molar-refractivity contribution is -0.122. The first-order valence-electron chi connectivity index (χ1n) is 5.16. The summed E-state index contributed by atoms with van der Waals surface area (Å²) in [6, 6.07) is 3.67. The van der Waals surface area contributed by atoms with Crippen LogP contribution in [0.2, 0.25) is 0 Å². The van der Waals surface area contributed by atoms with E-state index in [0.717, 1.165) is 12.2 Å². The van der Waals surface area contributed by atoms with Crippen LogP contribution in [-0.2, 0) is 4.79 Å². The molecule has 1 rings (SSSR count). The molecule has 0 aromatic carbocycles. The second-order valence-electron chi connectivity index (χ2n) is 3.34. The first-order valence-corrected chi connectivity index (χ1v) is 5.70. The summed E-state index contributed by atoms with van der Waals surface area (Å²) in [6.45, 7) is 2.01. The first kappa shape index (κ1) is 12.1. The smallest absolute Gasteiger partial charge is 0.220 e. The highest BCUT2D eigenvalue weighted by atomic mass is 35.5. The zero-order valence-electron chi connectivity index (χ0n) is 8.83. The molecule has 0 spiro atoms. The van der Waals surface area contributed by atoms with Gasteiger partial charge in [0.15, 0.2) is 0 Å². The number of alkyl halides is 1. The fourth-order valence-electron chi connectivity index (χ4n) is 1.36. The summed E-state index contributed by atoms with van der Waals surface area (Å²) in [4.78, 5) is 11.5. The highest BCUT2D eigenvalue weighted by molar-refractivity contribution is 6.17. The minimum Gasteiger partial charge on any atom is -0.467 e. The van der Waals surface area contributed by atoms with Gasteiger partial charge in [-0.25, -0.2) is 0 Å². The maximum absolute atomic E-state index is 11.5. The summed E-state index contributed by atoms with van der Waals surface area (Å²) in [5.41, 5.74) is 0. The van der Waals surface area contributed by atoms with Crippen LogP contribution in [-0.4, -0.2) is 11.8 Å². The Bertz CT molecular complexity index is 285. The van der Waals surface area contributed by atoms with E-state index in [0.29, 0.717) is 18.7 Å². The van der Waals surface area contributed by atoms with E-state index in [9.17, 15) is 4.79 Å². The number of nitrogens with one attached hydrogen (secondary N) is 1. The highest BCUT2D eigenvalue weighted by Crippen LogP contribution is 2.16. The second kappa shape index (κ2) is 6.51. The predicted molar refractivity (Wildman–Crippen MR) is 59.8 cm³/mol. The molecule has 0 fully saturated rings. The van der Waals surface area contributed by atoms with Gasteiger partial charge in [-0.2, -0.15) is 0 Å². The standard InChI is InChI=1S/C11H16ClNO2/c1-2-9(10-5-4-8-15-10)13-11(14)6-3-7-12/h4-5,8-9H,2-3,6-7H2,1H3,(H,13,14). The van der Waals surface area contributed by atoms with Crippen LogP contribution in [0.1, 0.15) is 38.0 Å². The van der Waals surface area contributed by atoms with Gasteiger partial charge in [-0.15, -0.1) is 11.6 Å². The van der Waals surface area contributed by atoms with Crippen LogP contribution in [0.5, 0.6) is 0 Å². The number of halogens is 1. The summed E-state index contributed by atoms with van der Waals surface area (Å²) in [7, 11) is 0. The van der Waals surface area contributed by atoms with Crippen LogP contribution < -0.4 is 5.32 Å². The van der Waals surface area contributed by atoms with E-state index in [4.69, 9.17) is 16.0 Å². The Morgan fingerprint density at radius 3 is 3.00 bits per heavy atom. The minimum atomic E-state index is -0.0252. The van der Waals surface area contributed by atoms with Crippen molar-refractivity contribution < 1.29 is 9.21 Å². The summed E-state index contributed by atoms with van der Waals surface area (Å²) in [5, 5.41) is 2.91. The van der Waals surface area contributed by atoms with Gasteiger partial charge >= 0.3 is 0 Å². The van der Waals surface area contributed by atoms with E-state index in [-0.39, 0.29) is 11.9 Å². The fourth-order valence-corrected chi connectivity index (χ4v) is 1.49. The van der Waals surface area contributed by atoms with Crippen molar-refractivity contribution in [1.82, 2.24) is 5.32 Å². The lowest BCUT2D eigenvalue weighted by atomic mass is 10.1. The van der Waals surface area contributed by atoms with E-state index >= 15 is 0 Å². The van der Waals surface area contributed by atoms with Crippen LogP contribution in [0.3, 0.4) is 0 Å². The molecule has 0 saturated heterocycles. The van der Waals surface area contributed by atoms with Crippen molar-refractivity contribution in [2.24, 2.45) is 0 Å². The van der Waals surface area contributed by atoms with Crippen molar-refractivity contribution in [1.29, 1.82) is 0 Å². The maximum Gasteiger partial charge on any atom is 0.220 e. The molecule has 1 unspecified atom stereocenters. The number of hydrogen-bond donors (Lipinski definition) is 1. The third-order valence-electron chi connectivity index (χ3n) is 2.17. The number of hydrogen-bond acceptors (Lipinski definition) is 2. The molecular weight excluding hydrogens is 214 g/mol. The molecule has 0 radical (unpaired) electrons. The molecule has 1 atom stereocenters. The lowest BCUT2D eigenvalue weighted by Crippen LogP contribution is -2.27. The summed E-state index contributed by atoms with van der Waals surface area (Å²) in [6.07, 6.45) is 3.62. The van der Waals surface area contributed by atoms with Gasteiger partial charge in [0.05, 0.1) is 12.3 Å². The molecule has 4 heteroatoms. The molecule has 1 N–H and O–H groups in total. The van der Waals surface area contributed by atoms with E-state index in [1.165, 1.54) is 0 Å². The van der Waals surface area contributed by atoms with Gasteiger partial charge in [0.1, 0.15) is 5.76 Å². The Morgan fingerprint density at radius 1 is 1.67 bits per heavy atom. The molecule has 3 nitrogen and oxygen atoms in total. The third kappa shape index (κ3) is 3.96. The Morgan fingerprint density at radius 2 is 2.47 bits per heavy atom. The predicted octanol–water partition coefficient (Wildman–Crippen LogP) is 2.87. The zero-order chi connectivity index (χ0) is 11.1. The Balaban J connectivity index is 2.44. The average molecular weight is 230 g/mol. The van der Waals surface area contributed by atoms with Crippen LogP contribution in [0.15, 0.2) is 22.8 Å². The molecule has 0 aliphatic heterocycles. The molecule has 1 aromatic heterocycles. The fraction of sp³-hybridized carbons (Fsp3) is 0.545. The van der Waals surface area contributed by atoms with E-state index in [1.54, 1.807) is 6.26 Å². The third-order valence-corrected chi connectivity index (χ3v) is 2.43. The van der Waals surface area contributed by atoms with Crippen LogP contribution >= 0.6 is 11.6 Å². The lowest BCUT2D eigenvalue weighted by Gasteiger charge is -2.14. The average Bonchev–Trinajstić information content (AvgIpc) is 2.76. The molecule has 15 heavy (non-hydrogen) atoms. The number of amides is 1. The van der Waals surface area contributed by atoms with Crippen molar-refractivity contribution in [3.63, 3.8) is 0 Å². The number of carbonyl (C=O) groups is 1. The quantitative estimate of drug-likeness (QED) is 0.763. The van der Waals surface area contributed by atoms with Crippen LogP contribution in [0.4, 0.5) is 0 Å². The molecule has 1 aromatic rings. The summed E-state index contributed by atoms with van der Waals surface area (Å²) in [5.74, 6) is 1.35.